The molecule has 0 heterocycles. The van der Waals surface area contributed by atoms with Gasteiger partial charge in [0.15, 0.2) is 0 Å². The lowest BCUT2D eigenvalue weighted by atomic mass is 10.0. The SMILES string of the molecule is CCCCNC(=O)C(Cc1ccccc1)N(Cc1cccc(C)c1)C(=O)CN(c1ccccc1OC)S(=O)(=O)c1ccccc1. The van der Waals surface area contributed by atoms with Gasteiger partial charge >= 0.3 is 0 Å². The first kappa shape index (κ1) is 33.3. The molecule has 4 aromatic carbocycles. The Morgan fingerprint density at radius 2 is 1.49 bits per heavy atom. The maximum Gasteiger partial charge on any atom is 0.264 e. The van der Waals surface area contributed by atoms with E-state index in [0.29, 0.717) is 12.3 Å². The number of carbonyl (C=O) groups excluding carboxylic acids is 2. The zero-order valence-electron chi connectivity index (χ0n) is 26.1. The number of hydrogen-bond acceptors (Lipinski definition) is 5. The van der Waals surface area contributed by atoms with E-state index in [1.807, 2.05) is 68.4 Å². The summed E-state index contributed by atoms with van der Waals surface area (Å²) < 4.78 is 34.9. The van der Waals surface area contributed by atoms with E-state index >= 15 is 0 Å². The average molecular weight is 628 g/mol. The second-order valence-electron chi connectivity index (χ2n) is 10.9. The molecule has 9 heteroatoms. The first-order valence-corrected chi connectivity index (χ1v) is 16.6. The van der Waals surface area contributed by atoms with E-state index in [4.69, 9.17) is 4.74 Å². The van der Waals surface area contributed by atoms with Gasteiger partial charge in [0.1, 0.15) is 18.3 Å². The molecule has 0 fully saturated rings. The smallest absolute Gasteiger partial charge is 0.264 e. The maximum atomic E-state index is 14.6. The molecule has 0 aromatic heterocycles. The zero-order valence-corrected chi connectivity index (χ0v) is 26.9. The molecule has 8 nitrogen and oxygen atoms in total. The van der Waals surface area contributed by atoms with E-state index in [2.05, 4.69) is 5.32 Å². The minimum absolute atomic E-state index is 0.0343. The lowest BCUT2D eigenvalue weighted by Crippen LogP contribution is -2.53. The van der Waals surface area contributed by atoms with Crippen LogP contribution in [0, 0.1) is 6.92 Å². The highest BCUT2D eigenvalue weighted by Crippen LogP contribution is 2.32. The largest absolute Gasteiger partial charge is 0.495 e. The van der Waals surface area contributed by atoms with Crippen LogP contribution in [0.5, 0.6) is 5.75 Å². The third-order valence-electron chi connectivity index (χ3n) is 7.50. The van der Waals surface area contributed by atoms with Crippen LogP contribution in [0.15, 0.2) is 114 Å². The van der Waals surface area contributed by atoms with Crippen LogP contribution in [-0.2, 0) is 32.6 Å². The van der Waals surface area contributed by atoms with Crippen molar-refractivity contribution < 1.29 is 22.7 Å². The van der Waals surface area contributed by atoms with Crippen molar-refractivity contribution in [1.29, 1.82) is 0 Å². The molecule has 0 saturated carbocycles. The number of amides is 2. The Kier molecular flexibility index (Phi) is 11.8. The number of para-hydroxylation sites is 2. The zero-order chi connectivity index (χ0) is 32.2. The van der Waals surface area contributed by atoms with Crippen LogP contribution >= 0.6 is 0 Å². The lowest BCUT2D eigenvalue weighted by molar-refractivity contribution is -0.140. The van der Waals surface area contributed by atoms with Gasteiger partial charge in [-0.2, -0.15) is 0 Å². The molecule has 4 rings (SSSR count). The second-order valence-corrected chi connectivity index (χ2v) is 12.7. The summed E-state index contributed by atoms with van der Waals surface area (Å²) in [5.41, 5.74) is 2.94. The first-order valence-electron chi connectivity index (χ1n) is 15.1. The number of benzene rings is 4. The van der Waals surface area contributed by atoms with Crippen molar-refractivity contribution in [2.24, 2.45) is 0 Å². The first-order chi connectivity index (χ1) is 21.7. The van der Waals surface area contributed by atoms with Crippen LogP contribution < -0.4 is 14.4 Å². The van der Waals surface area contributed by atoms with Gasteiger partial charge in [0.05, 0.1) is 17.7 Å². The van der Waals surface area contributed by atoms with Crippen molar-refractivity contribution in [2.45, 2.75) is 50.6 Å². The fourth-order valence-corrected chi connectivity index (χ4v) is 6.58. The monoisotopic (exact) mass is 627 g/mol. The number of nitrogens with zero attached hydrogens (tertiary/aromatic N) is 2. The predicted octanol–water partition coefficient (Wildman–Crippen LogP) is 5.76. The van der Waals surface area contributed by atoms with E-state index in [0.717, 1.165) is 33.8 Å². The summed E-state index contributed by atoms with van der Waals surface area (Å²) in [5.74, 6) is -0.510. The molecule has 0 bridgehead atoms. The van der Waals surface area contributed by atoms with E-state index in [9.17, 15) is 18.0 Å². The summed E-state index contributed by atoms with van der Waals surface area (Å²) in [6.07, 6.45) is 1.96. The van der Waals surface area contributed by atoms with Gasteiger partial charge in [-0.05, 0) is 48.7 Å². The third kappa shape index (κ3) is 8.73. The molecule has 0 radical (unpaired) electrons. The number of nitrogens with one attached hydrogen (secondary N) is 1. The van der Waals surface area contributed by atoms with Gasteiger partial charge in [-0.15, -0.1) is 0 Å². The summed E-state index contributed by atoms with van der Waals surface area (Å²) >= 11 is 0. The summed E-state index contributed by atoms with van der Waals surface area (Å²) in [7, 11) is -2.76. The van der Waals surface area contributed by atoms with Gasteiger partial charge in [-0.3, -0.25) is 13.9 Å². The van der Waals surface area contributed by atoms with E-state index < -0.39 is 28.5 Å². The van der Waals surface area contributed by atoms with Gasteiger partial charge < -0.3 is 15.0 Å². The highest BCUT2D eigenvalue weighted by atomic mass is 32.2. The molecule has 236 valence electrons. The molecular formula is C36H41N3O5S. The minimum atomic E-state index is -4.21. The fourth-order valence-electron chi connectivity index (χ4n) is 5.14. The molecule has 1 N–H and O–H groups in total. The van der Waals surface area contributed by atoms with Crippen LogP contribution in [0.25, 0.3) is 0 Å². The maximum absolute atomic E-state index is 14.6. The Labute approximate surface area is 266 Å². The van der Waals surface area contributed by atoms with Crippen molar-refractivity contribution in [1.82, 2.24) is 10.2 Å². The van der Waals surface area contributed by atoms with Crippen LogP contribution in [0.2, 0.25) is 0 Å². The number of ether oxygens (including phenoxy) is 1. The molecule has 0 saturated heterocycles. The quantitative estimate of drug-likeness (QED) is 0.169. The Bertz CT molecular complexity index is 1660. The molecule has 45 heavy (non-hydrogen) atoms. The van der Waals surface area contributed by atoms with Crippen molar-refractivity contribution >= 4 is 27.5 Å². The minimum Gasteiger partial charge on any atom is -0.495 e. The number of unbranched alkanes of at least 4 members (excludes halogenated alkanes) is 1. The van der Waals surface area contributed by atoms with Gasteiger partial charge in [0.2, 0.25) is 11.8 Å². The summed E-state index contributed by atoms with van der Waals surface area (Å²) in [5, 5.41) is 3.01. The average Bonchev–Trinajstić information content (AvgIpc) is 3.06. The molecule has 4 aromatic rings. The van der Waals surface area contributed by atoms with Crippen molar-refractivity contribution in [3.63, 3.8) is 0 Å². The Morgan fingerprint density at radius 3 is 2.16 bits per heavy atom. The Hall–Kier alpha value is -4.63. The summed E-state index contributed by atoms with van der Waals surface area (Å²) in [4.78, 5) is 29.9. The summed E-state index contributed by atoms with van der Waals surface area (Å²) in [6, 6.07) is 31.0. The van der Waals surface area contributed by atoms with Crippen LogP contribution in [0.3, 0.4) is 0 Å². The number of rotatable bonds is 15. The molecule has 2 amide bonds. The molecule has 0 spiro atoms. The molecule has 1 atom stereocenters. The Morgan fingerprint density at radius 1 is 0.844 bits per heavy atom. The van der Waals surface area contributed by atoms with Gasteiger partial charge in [0, 0.05) is 19.5 Å². The molecule has 1 unspecified atom stereocenters. The van der Waals surface area contributed by atoms with E-state index in [-0.39, 0.29) is 29.5 Å². The van der Waals surface area contributed by atoms with Gasteiger partial charge in [-0.25, -0.2) is 8.42 Å². The molecule has 0 aliphatic carbocycles. The number of carbonyl (C=O) groups is 2. The normalized spacial score (nSPS) is 11.8. The number of sulfonamides is 1. The highest BCUT2D eigenvalue weighted by molar-refractivity contribution is 7.92. The number of anilines is 1. The Balaban J connectivity index is 1.81. The van der Waals surface area contributed by atoms with Crippen LogP contribution in [0.4, 0.5) is 5.69 Å². The van der Waals surface area contributed by atoms with Crippen LogP contribution in [-0.4, -0.2) is 51.4 Å². The number of methoxy groups -OCH3 is 1. The van der Waals surface area contributed by atoms with E-state index in [1.165, 1.54) is 24.1 Å². The predicted molar refractivity (Wildman–Crippen MR) is 178 cm³/mol. The van der Waals surface area contributed by atoms with Gasteiger partial charge in [-0.1, -0.05) is 104 Å². The molecular weight excluding hydrogens is 586 g/mol. The fraction of sp³-hybridized carbons (Fsp3) is 0.278. The number of hydrogen-bond donors (Lipinski definition) is 1. The third-order valence-corrected chi connectivity index (χ3v) is 9.27. The van der Waals surface area contributed by atoms with Crippen molar-refractivity contribution in [3.8, 4) is 5.75 Å². The van der Waals surface area contributed by atoms with E-state index in [1.54, 1.807) is 42.5 Å². The molecule has 0 aliphatic heterocycles. The van der Waals surface area contributed by atoms with Crippen molar-refractivity contribution in [2.75, 3.05) is 24.5 Å². The second kappa shape index (κ2) is 15.9. The standard InChI is InChI=1S/C36H41N3O5S/c1-4-5-23-37-36(41)33(25-29-16-8-6-9-17-29)38(26-30-18-14-15-28(2)24-30)35(40)27-39(32-21-12-13-22-34(32)44-3)45(42,43)31-19-10-7-11-20-31/h6-22,24,33H,4-5,23,25-27H2,1-3H3,(H,37,41). The van der Waals surface area contributed by atoms with Crippen LogP contribution in [0.1, 0.15) is 36.5 Å². The van der Waals surface area contributed by atoms with Gasteiger partial charge in [0.25, 0.3) is 10.0 Å². The highest BCUT2D eigenvalue weighted by Gasteiger charge is 2.35. The molecule has 0 aliphatic rings. The number of aryl methyl sites for hydroxylation is 1. The van der Waals surface area contributed by atoms with Crippen molar-refractivity contribution in [3.05, 3.63) is 126 Å². The topological polar surface area (TPSA) is 96.0 Å². The summed E-state index contributed by atoms with van der Waals surface area (Å²) in [6.45, 7) is 4.05. The lowest BCUT2D eigenvalue weighted by Gasteiger charge is -2.34.